The molecule has 136 valence electrons. The summed E-state index contributed by atoms with van der Waals surface area (Å²) in [5.74, 6) is 0.220. The van der Waals surface area contributed by atoms with Crippen LogP contribution in [0.15, 0.2) is 36.5 Å². The van der Waals surface area contributed by atoms with Crippen molar-refractivity contribution in [2.24, 2.45) is 0 Å². The number of nitrogens with one attached hydrogen (secondary N) is 1. The van der Waals surface area contributed by atoms with Crippen LogP contribution in [0, 0.1) is 0 Å². The molecule has 1 N–H and O–H groups in total. The van der Waals surface area contributed by atoms with Gasteiger partial charge < -0.3 is 14.8 Å². The second-order valence-electron chi connectivity index (χ2n) is 7.24. The first-order valence-electron chi connectivity index (χ1n) is 9.52. The second kappa shape index (κ2) is 7.36. The van der Waals surface area contributed by atoms with Crippen molar-refractivity contribution in [1.29, 1.82) is 0 Å². The van der Waals surface area contributed by atoms with Crippen LogP contribution in [0.1, 0.15) is 40.0 Å². The van der Waals surface area contributed by atoms with E-state index in [-0.39, 0.29) is 11.8 Å². The van der Waals surface area contributed by atoms with Crippen molar-refractivity contribution in [3.8, 4) is 0 Å². The van der Waals surface area contributed by atoms with Gasteiger partial charge in [0.2, 0.25) is 5.91 Å². The number of amides is 2. The van der Waals surface area contributed by atoms with Crippen molar-refractivity contribution in [2.75, 3.05) is 26.2 Å². The van der Waals surface area contributed by atoms with Crippen molar-refractivity contribution in [3.05, 3.63) is 58.9 Å². The zero-order valence-corrected chi connectivity index (χ0v) is 15.0. The van der Waals surface area contributed by atoms with E-state index in [1.807, 2.05) is 34.2 Å². The normalized spacial score (nSPS) is 17.1. The molecule has 2 heterocycles. The first-order valence-corrected chi connectivity index (χ1v) is 9.52. The molecule has 0 saturated carbocycles. The molecule has 2 amide bonds. The lowest BCUT2D eigenvalue weighted by atomic mass is 10.1. The van der Waals surface area contributed by atoms with Crippen molar-refractivity contribution < 1.29 is 9.59 Å². The summed E-state index contributed by atoms with van der Waals surface area (Å²) in [6, 6.07) is 9.98. The summed E-state index contributed by atoms with van der Waals surface area (Å²) < 4.78 is 0. The van der Waals surface area contributed by atoms with Crippen LogP contribution in [0.2, 0.25) is 0 Å². The number of aromatic amines is 1. The Morgan fingerprint density at radius 3 is 2.58 bits per heavy atom. The Labute approximate surface area is 154 Å². The highest BCUT2D eigenvalue weighted by Crippen LogP contribution is 2.23. The van der Waals surface area contributed by atoms with Crippen LogP contribution < -0.4 is 0 Å². The van der Waals surface area contributed by atoms with Gasteiger partial charge in [0.1, 0.15) is 0 Å². The van der Waals surface area contributed by atoms with Crippen molar-refractivity contribution in [2.45, 2.75) is 32.1 Å². The van der Waals surface area contributed by atoms with Gasteiger partial charge in [-0.05, 0) is 61.1 Å². The fraction of sp³-hybridized carbons (Fsp3) is 0.429. The molecule has 0 unspecified atom stereocenters. The average molecular weight is 351 g/mol. The van der Waals surface area contributed by atoms with E-state index in [2.05, 4.69) is 17.1 Å². The molecule has 5 heteroatoms. The Morgan fingerprint density at radius 1 is 0.923 bits per heavy atom. The summed E-state index contributed by atoms with van der Waals surface area (Å²) in [6.07, 6.45) is 6.46. The zero-order chi connectivity index (χ0) is 17.9. The van der Waals surface area contributed by atoms with E-state index in [0.717, 1.165) is 30.5 Å². The van der Waals surface area contributed by atoms with Gasteiger partial charge in [-0.2, -0.15) is 0 Å². The van der Waals surface area contributed by atoms with Gasteiger partial charge in [-0.25, -0.2) is 0 Å². The second-order valence-corrected chi connectivity index (χ2v) is 7.24. The third-order valence-electron chi connectivity index (χ3n) is 5.49. The zero-order valence-electron chi connectivity index (χ0n) is 15.0. The monoisotopic (exact) mass is 351 g/mol. The van der Waals surface area contributed by atoms with E-state index in [4.69, 9.17) is 0 Å². The Hall–Kier alpha value is -2.56. The topological polar surface area (TPSA) is 56.4 Å². The number of carbonyl (C=O) groups excluding carboxylic acids is 2. The number of nitrogens with zero attached hydrogens (tertiary/aromatic N) is 2. The molecule has 1 saturated heterocycles. The summed E-state index contributed by atoms with van der Waals surface area (Å²) >= 11 is 0. The van der Waals surface area contributed by atoms with Crippen LogP contribution >= 0.6 is 0 Å². The van der Waals surface area contributed by atoms with Crippen LogP contribution in [0.25, 0.3) is 0 Å². The van der Waals surface area contributed by atoms with E-state index in [1.165, 1.54) is 17.5 Å². The Kier molecular flexibility index (Phi) is 4.78. The minimum Gasteiger partial charge on any atom is -0.365 e. The Bertz CT molecular complexity index is 798. The predicted molar refractivity (Wildman–Crippen MR) is 100 cm³/mol. The molecule has 0 spiro atoms. The SMILES string of the molecule is O=C(Cc1ccc[nH]1)N1CCCN(C(=O)c2ccc3c(c2)CCC3)CC1. The first-order chi connectivity index (χ1) is 12.7. The van der Waals surface area contributed by atoms with Crippen LogP contribution in [0.4, 0.5) is 0 Å². The maximum absolute atomic E-state index is 12.9. The molecular formula is C21H25N3O2. The van der Waals surface area contributed by atoms with Gasteiger partial charge in [-0.3, -0.25) is 9.59 Å². The lowest BCUT2D eigenvalue weighted by Gasteiger charge is -2.22. The summed E-state index contributed by atoms with van der Waals surface area (Å²) in [6.45, 7) is 2.64. The molecule has 5 nitrogen and oxygen atoms in total. The average Bonchev–Trinajstić information content (AvgIpc) is 3.27. The third-order valence-corrected chi connectivity index (χ3v) is 5.49. The molecule has 2 aliphatic rings. The minimum atomic E-state index is 0.0957. The summed E-state index contributed by atoms with van der Waals surface area (Å²) in [5.41, 5.74) is 4.44. The molecule has 1 aromatic carbocycles. The number of fused-ring (bicyclic) bond motifs is 1. The lowest BCUT2D eigenvalue weighted by molar-refractivity contribution is -0.130. The summed E-state index contributed by atoms with van der Waals surface area (Å²) in [4.78, 5) is 32.3. The molecule has 2 aromatic rings. The third kappa shape index (κ3) is 3.52. The summed E-state index contributed by atoms with van der Waals surface area (Å²) in [7, 11) is 0. The van der Waals surface area contributed by atoms with Gasteiger partial charge in [-0.1, -0.05) is 6.07 Å². The van der Waals surface area contributed by atoms with Gasteiger partial charge in [0.25, 0.3) is 5.91 Å². The van der Waals surface area contributed by atoms with Gasteiger partial charge >= 0.3 is 0 Å². The maximum atomic E-state index is 12.9. The van der Waals surface area contributed by atoms with E-state index in [9.17, 15) is 9.59 Å². The smallest absolute Gasteiger partial charge is 0.253 e. The highest BCUT2D eigenvalue weighted by Gasteiger charge is 2.24. The lowest BCUT2D eigenvalue weighted by Crippen LogP contribution is -2.38. The van der Waals surface area contributed by atoms with E-state index in [1.54, 1.807) is 0 Å². The molecule has 0 radical (unpaired) electrons. The molecule has 26 heavy (non-hydrogen) atoms. The number of hydrogen-bond donors (Lipinski definition) is 1. The molecule has 1 aliphatic heterocycles. The van der Waals surface area contributed by atoms with Crippen molar-refractivity contribution >= 4 is 11.8 Å². The molecule has 1 aliphatic carbocycles. The number of rotatable bonds is 3. The molecular weight excluding hydrogens is 326 g/mol. The number of benzene rings is 1. The Balaban J connectivity index is 1.38. The predicted octanol–water partition coefficient (Wildman–Crippen LogP) is 2.42. The Morgan fingerprint density at radius 2 is 1.73 bits per heavy atom. The van der Waals surface area contributed by atoms with Crippen LogP contribution in [0.5, 0.6) is 0 Å². The largest absolute Gasteiger partial charge is 0.365 e. The van der Waals surface area contributed by atoms with Crippen molar-refractivity contribution in [1.82, 2.24) is 14.8 Å². The fourth-order valence-corrected chi connectivity index (χ4v) is 4.01. The minimum absolute atomic E-state index is 0.0957. The van der Waals surface area contributed by atoms with Crippen LogP contribution in [-0.4, -0.2) is 52.8 Å². The highest BCUT2D eigenvalue weighted by molar-refractivity contribution is 5.94. The van der Waals surface area contributed by atoms with Crippen LogP contribution in [0.3, 0.4) is 0 Å². The first kappa shape index (κ1) is 16.9. The van der Waals surface area contributed by atoms with E-state index < -0.39 is 0 Å². The molecule has 0 bridgehead atoms. The molecule has 1 fully saturated rings. The number of carbonyl (C=O) groups is 2. The van der Waals surface area contributed by atoms with Gasteiger partial charge in [-0.15, -0.1) is 0 Å². The molecule has 1 aromatic heterocycles. The maximum Gasteiger partial charge on any atom is 0.253 e. The number of H-pyrrole nitrogens is 1. The number of aromatic nitrogens is 1. The van der Waals surface area contributed by atoms with E-state index >= 15 is 0 Å². The fourth-order valence-electron chi connectivity index (χ4n) is 4.01. The van der Waals surface area contributed by atoms with E-state index in [0.29, 0.717) is 32.6 Å². The van der Waals surface area contributed by atoms with Crippen LogP contribution in [-0.2, 0) is 24.1 Å². The summed E-state index contributed by atoms with van der Waals surface area (Å²) in [5, 5.41) is 0. The number of hydrogen-bond acceptors (Lipinski definition) is 2. The molecule has 0 atom stereocenters. The number of aryl methyl sites for hydroxylation is 2. The molecule has 4 rings (SSSR count). The highest BCUT2D eigenvalue weighted by atomic mass is 16.2. The standard InChI is InChI=1S/C21H25N3O2/c25-20(15-19-6-2-9-22-19)23-10-3-11-24(13-12-23)21(26)18-8-7-16-4-1-5-17(16)14-18/h2,6-9,14,22H,1,3-5,10-13,15H2. The van der Waals surface area contributed by atoms with Gasteiger partial charge in [0.15, 0.2) is 0 Å². The quantitative estimate of drug-likeness (QED) is 0.923. The van der Waals surface area contributed by atoms with Gasteiger partial charge in [0.05, 0.1) is 6.42 Å². The van der Waals surface area contributed by atoms with Gasteiger partial charge in [0, 0.05) is 43.6 Å². The van der Waals surface area contributed by atoms with Crippen molar-refractivity contribution in [3.63, 3.8) is 0 Å².